The normalized spacial score (nSPS) is 15.8. The Bertz CT molecular complexity index is 159. The van der Waals surface area contributed by atoms with Crippen molar-refractivity contribution in [2.45, 2.75) is 52.1 Å². The molecule has 2 unspecified atom stereocenters. The van der Waals surface area contributed by atoms with Crippen LogP contribution in [-0.2, 0) is 0 Å². The molecular formula is C10H22N2S. The van der Waals surface area contributed by atoms with Gasteiger partial charge in [0.2, 0.25) is 0 Å². The van der Waals surface area contributed by atoms with Gasteiger partial charge in [0.05, 0.1) is 11.0 Å². The Labute approximate surface area is 87.5 Å². The Hall–Kier alpha value is -0.150. The fourth-order valence-electron chi connectivity index (χ4n) is 1.62. The number of hydrogen-bond donors (Lipinski definition) is 1. The van der Waals surface area contributed by atoms with Gasteiger partial charge in [0.1, 0.15) is 0 Å². The number of nitrogens with two attached hydrogens (primary N) is 1. The van der Waals surface area contributed by atoms with Crippen LogP contribution in [0.15, 0.2) is 0 Å². The fourth-order valence-corrected chi connectivity index (χ4v) is 1.95. The average molecular weight is 202 g/mol. The van der Waals surface area contributed by atoms with Gasteiger partial charge in [-0.2, -0.15) is 0 Å². The van der Waals surface area contributed by atoms with E-state index < -0.39 is 0 Å². The van der Waals surface area contributed by atoms with Gasteiger partial charge in [-0.05, 0) is 26.8 Å². The van der Waals surface area contributed by atoms with E-state index in [1.54, 1.807) is 0 Å². The minimum absolute atomic E-state index is 0.261. The lowest BCUT2D eigenvalue weighted by Gasteiger charge is -2.31. The van der Waals surface area contributed by atoms with E-state index in [9.17, 15) is 0 Å². The average Bonchev–Trinajstić information content (AvgIpc) is 2.05. The Morgan fingerprint density at radius 3 is 2.31 bits per heavy atom. The summed E-state index contributed by atoms with van der Waals surface area (Å²) in [7, 11) is 2.10. The van der Waals surface area contributed by atoms with Gasteiger partial charge in [-0.15, -0.1) is 0 Å². The van der Waals surface area contributed by atoms with Crippen molar-refractivity contribution in [1.29, 1.82) is 0 Å². The Morgan fingerprint density at radius 2 is 2.00 bits per heavy atom. The van der Waals surface area contributed by atoms with E-state index in [-0.39, 0.29) is 6.04 Å². The molecule has 0 aliphatic heterocycles. The molecule has 0 aromatic heterocycles. The van der Waals surface area contributed by atoms with Crippen LogP contribution in [0, 0.1) is 0 Å². The van der Waals surface area contributed by atoms with Crippen LogP contribution in [0.3, 0.4) is 0 Å². The molecule has 0 bridgehead atoms. The van der Waals surface area contributed by atoms with Crippen molar-refractivity contribution < 1.29 is 0 Å². The van der Waals surface area contributed by atoms with Crippen LogP contribution in [0.25, 0.3) is 0 Å². The van der Waals surface area contributed by atoms with Crippen LogP contribution in [0.2, 0.25) is 0 Å². The standard InChI is InChI=1S/C10H22N2S/c1-5-7-8(3)12(4)9(6-2)10(11)13/h8-9H,5-7H2,1-4H3,(H2,11,13). The number of rotatable bonds is 6. The molecule has 0 aromatic rings. The molecule has 2 N–H and O–H groups in total. The quantitative estimate of drug-likeness (QED) is 0.669. The highest BCUT2D eigenvalue weighted by Crippen LogP contribution is 2.10. The summed E-state index contributed by atoms with van der Waals surface area (Å²) in [4.78, 5) is 2.90. The van der Waals surface area contributed by atoms with Crippen molar-refractivity contribution in [3.63, 3.8) is 0 Å². The third-order valence-electron chi connectivity index (χ3n) is 2.61. The number of nitrogens with zero attached hydrogens (tertiary/aromatic N) is 1. The lowest BCUT2D eigenvalue weighted by molar-refractivity contribution is 0.212. The molecule has 13 heavy (non-hydrogen) atoms. The highest BCUT2D eigenvalue weighted by atomic mass is 32.1. The van der Waals surface area contributed by atoms with Gasteiger partial charge < -0.3 is 5.73 Å². The van der Waals surface area contributed by atoms with Crippen molar-refractivity contribution in [2.75, 3.05) is 7.05 Å². The predicted molar refractivity (Wildman–Crippen MR) is 63.0 cm³/mol. The van der Waals surface area contributed by atoms with E-state index in [4.69, 9.17) is 18.0 Å². The van der Waals surface area contributed by atoms with Crippen LogP contribution in [0.1, 0.15) is 40.0 Å². The minimum Gasteiger partial charge on any atom is -0.392 e. The SMILES string of the molecule is CCCC(C)N(C)C(CC)C(N)=S. The summed E-state index contributed by atoms with van der Waals surface area (Å²) >= 11 is 5.03. The van der Waals surface area contributed by atoms with Crippen LogP contribution in [0.5, 0.6) is 0 Å². The smallest absolute Gasteiger partial charge is 0.0901 e. The molecule has 0 amide bonds. The van der Waals surface area contributed by atoms with Crippen LogP contribution in [-0.4, -0.2) is 29.0 Å². The third-order valence-corrected chi connectivity index (χ3v) is 2.88. The second-order valence-corrected chi connectivity index (χ2v) is 4.10. The van der Waals surface area contributed by atoms with Crippen molar-refractivity contribution in [3.8, 4) is 0 Å². The summed E-state index contributed by atoms with van der Waals surface area (Å²) in [6.45, 7) is 6.55. The number of hydrogen-bond acceptors (Lipinski definition) is 2. The predicted octanol–water partition coefficient (Wildman–Crippen LogP) is 2.17. The summed E-state index contributed by atoms with van der Waals surface area (Å²) in [5.41, 5.74) is 5.67. The zero-order valence-electron chi connectivity index (χ0n) is 9.21. The molecule has 0 aliphatic carbocycles. The molecule has 0 rings (SSSR count). The molecule has 0 aromatic carbocycles. The van der Waals surface area contributed by atoms with E-state index in [0.29, 0.717) is 11.0 Å². The third kappa shape index (κ3) is 4.05. The first-order valence-corrected chi connectivity index (χ1v) is 5.46. The van der Waals surface area contributed by atoms with Crippen molar-refractivity contribution >= 4 is 17.2 Å². The summed E-state index contributed by atoms with van der Waals surface area (Å²) in [6.07, 6.45) is 3.41. The van der Waals surface area contributed by atoms with E-state index in [2.05, 4.69) is 32.7 Å². The first-order chi connectivity index (χ1) is 6.04. The number of thiocarbonyl (C=S) groups is 1. The van der Waals surface area contributed by atoms with E-state index in [1.807, 2.05) is 0 Å². The summed E-state index contributed by atoms with van der Waals surface area (Å²) < 4.78 is 0. The maximum atomic E-state index is 5.67. The molecular weight excluding hydrogens is 180 g/mol. The summed E-state index contributed by atoms with van der Waals surface area (Å²) in [5, 5.41) is 0. The topological polar surface area (TPSA) is 29.3 Å². The first-order valence-electron chi connectivity index (χ1n) is 5.05. The van der Waals surface area contributed by atoms with E-state index >= 15 is 0 Å². The fraction of sp³-hybridized carbons (Fsp3) is 0.900. The molecule has 0 fully saturated rings. The van der Waals surface area contributed by atoms with Crippen molar-refractivity contribution in [1.82, 2.24) is 4.90 Å². The van der Waals surface area contributed by atoms with Crippen LogP contribution < -0.4 is 5.73 Å². The zero-order chi connectivity index (χ0) is 10.4. The van der Waals surface area contributed by atoms with Gasteiger partial charge in [-0.3, -0.25) is 4.90 Å². The number of likely N-dealkylation sites (N-methyl/N-ethyl adjacent to an activating group) is 1. The molecule has 2 nitrogen and oxygen atoms in total. The summed E-state index contributed by atoms with van der Waals surface area (Å²) in [5.74, 6) is 0. The van der Waals surface area contributed by atoms with Gasteiger partial charge in [-0.25, -0.2) is 0 Å². The molecule has 3 heteroatoms. The molecule has 0 saturated heterocycles. The zero-order valence-corrected chi connectivity index (χ0v) is 10.0. The van der Waals surface area contributed by atoms with Gasteiger partial charge >= 0.3 is 0 Å². The van der Waals surface area contributed by atoms with Gasteiger partial charge in [0.25, 0.3) is 0 Å². The first kappa shape index (κ1) is 12.8. The Morgan fingerprint density at radius 1 is 1.46 bits per heavy atom. The Balaban J connectivity index is 4.18. The maximum Gasteiger partial charge on any atom is 0.0901 e. The minimum atomic E-state index is 0.261. The van der Waals surface area contributed by atoms with E-state index in [1.165, 1.54) is 12.8 Å². The maximum absolute atomic E-state index is 5.67. The second-order valence-electron chi connectivity index (χ2n) is 3.63. The van der Waals surface area contributed by atoms with E-state index in [0.717, 1.165) is 6.42 Å². The largest absolute Gasteiger partial charge is 0.392 e. The molecule has 0 aliphatic rings. The molecule has 0 spiro atoms. The van der Waals surface area contributed by atoms with Crippen molar-refractivity contribution in [2.24, 2.45) is 5.73 Å². The lowest BCUT2D eigenvalue weighted by atomic mass is 10.1. The van der Waals surface area contributed by atoms with Gasteiger partial charge in [0, 0.05) is 6.04 Å². The van der Waals surface area contributed by atoms with Crippen LogP contribution in [0.4, 0.5) is 0 Å². The molecule has 0 saturated carbocycles. The monoisotopic (exact) mass is 202 g/mol. The Kier molecular flexibility index (Phi) is 6.25. The van der Waals surface area contributed by atoms with Gasteiger partial charge in [-0.1, -0.05) is 32.5 Å². The van der Waals surface area contributed by atoms with Crippen LogP contribution >= 0.6 is 12.2 Å². The van der Waals surface area contributed by atoms with Crippen molar-refractivity contribution in [3.05, 3.63) is 0 Å². The highest BCUT2D eigenvalue weighted by Gasteiger charge is 2.19. The highest BCUT2D eigenvalue weighted by molar-refractivity contribution is 7.80. The summed E-state index contributed by atoms with van der Waals surface area (Å²) in [6, 6.07) is 0.827. The lowest BCUT2D eigenvalue weighted by Crippen LogP contribution is -2.45. The second kappa shape index (κ2) is 6.33. The molecule has 0 radical (unpaired) electrons. The van der Waals surface area contributed by atoms with Gasteiger partial charge in [0.15, 0.2) is 0 Å². The molecule has 0 heterocycles. The molecule has 2 atom stereocenters. The molecule has 78 valence electrons.